The quantitative estimate of drug-likeness (QED) is 0.159. The molecule has 272 valence electrons. The van der Waals surface area contributed by atoms with Gasteiger partial charge in [-0.05, 0) is 80.8 Å². The molecule has 0 N–H and O–H groups in total. The molecule has 0 radical (unpaired) electrons. The van der Waals surface area contributed by atoms with Crippen LogP contribution in [-0.4, -0.2) is 63.1 Å². The maximum absolute atomic E-state index is 15.1. The predicted octanol–water partition coefficient (Wildman–Crippen LogP) is 7.50. The molecule has 0 bridgehead atoms. The highest BCUT2D eigenvalue weighted by Gasteiger charge is 2.74. The number of rotatable bonds is 8. The van der Waals surface area contributed by atoms with E-state index in [1.54, 1.807) is 6.92 Å². The van der Waals surface area contributed by atoms with Crippen LogP contribution in [0.25, 0.3) is 0 Å². The van der Waals surface area contributed by atoms with Crippen molar-refractivity contribution in [3.63, 3.8) is 0 Å². The molecule has 2 heterocycles. The van der Waals surface area contributed by atoms with Crippen molar-refractivity contribution in [2.24, 2.45) is 5.92 Å². The van der Waals surface area contributed by atoms with Crippen molar-refractivity contribution in [1.82, 2.24) is 4.90 Å². The number of amides is 1. The SMILES string of the molecule is CCCCCC1(C)CC(C(=O)N2CC[C@@]3(S(=O)(=O)c4ccc(F)cc4)c4ccc(C(F)(C(F)(F)F)C(F)(F)F)cc4CC[C@@H]23)CCS1(=O)=O. The van der Waals surface area contributed by atoms with Gasteiger partial charge in [0.05, 0.1) is 21.4 Å². The van der Waals surface area contributed by atoms with Crippen LogP contribution in [0.1, 0.15) is 81.9 Å². The van der Waals surface area contributed by atoms with Gasteiger partial charge in [0.2, 0.25) is 5.91 Å². The van der Waals surface area contributed by atoms with Gasteiger partial charge in [-0.2, -0.15) is 26.3 Å². The first-order chi connectivity index (χ1) is 22.6. The fourth-order valence-electron chi connectivity index (χ4n) is 8.06. The normalized spacial score (nSPS) is 27.4. The number of hydrogen-bond donors (Lipinski definition) is 0. The third kappa shape index (κ3) is 5.85. The number of aryl methyl sites for hydroxylation is 1. The van der Waals surface area contributed by atoms with Crippen LogP contribution >= 0.6 is 0 Å². The Morgan fingerprint density at radius 2 is 1.59 bits per heavy atom. The van der Waals surface area contributed by atoms with Crippen molar-refractivity contribution in [1.29, 1.82) is 0 Å². The molecule has 2 fully saturated rings. The van der Waals surface area contributed by atoms with Gasteiger partial charge in [-0.1, -0.05) is 44.4 Å². The van der Waals surface area contributed by atoms with E-state index in [4.69, 9.17) is 0 Å². The molecular weight excluding hydrogens is 706 g/mol. The van der Waals surface area contributed by atoms with Crippen molar-refractivity contribution in [2.75, 3.05) is 12.3 Å². The zero-order valence-electron chi connectivity index (χ0n) is 26.8. The van der Waals surface area contributed by atoms with Crippen LogP contribution in [0.3, 0.4) is 0 Å². The van der Waals surface area contributed by atoms with E-state index in [1.165, 1.54) is 4.90 Å². The smallest absolute Gasteiger partial charge is 0.337 e. The van der Waals surface area contributed by atoms with Gasteiger partial charge in [0.15, 0.2) is 19.7 Å². The number of carbonyl (C=O) groups excluding carboxylic acids is 1. The van der Waals surface area contributed by atoms with E-state index in [9.17, 15) is 52.4 Å². The monoisotopic (exact) mass is 743 g/mol. The summed E-state index contributed by atoms with van der Waals surface area (Å²) in [7, 11) is -8.20. The molecule has 0 saturated carbocycles. The summed E-state index contributed by atoms with van der Waals surface area (Å²) >= 11 is 0. The van der Waals surface area contributed by atoms with Crippen LogP contribution in [0, 0.1) is 11.7 Å². The van der Waals surface area contributed by atoms with Gasteiger partial charge in [-0.15, -0.1) is 0 Å². The molecular formula is C33H37F8NO5S2. The second kappa shape index (κ2) is 12.5. The van der Waals surface area contributed by atoms with Gasteiger partial charge in [0.25, 0.3) is 0 Å². The van der Waals surface area contributed by atoms with Gasteiger partial charge in [0, 0.05) is 18.0 Å². The Balaban J connectivity index is 1.61. The van der Waals surface area contributed by atoms with Gasteiger partial charge < -0.3 is 4.90 Å². The summed E-state index contributed by atoms with van der Waals surface area (Å²) in [6, 6.07) is 4.02. The summed E-state index contributed by atoms with van der Waals surface area (Å²) < 4.78 is 163. The fraction of sp³-hybridized carbons (Fsp3) is 0.606. The number of carbonyl (C=O) groups is 1. The molecule has 0 aromatic heterocycles. The molecule has 2 aromatic rings. The number of likely N-dealkylation sites (tertiary alicyclic amines) is 1. The third-order valence-corrected chi connectivity index (χ3v) is 16.0. The molecule has 2 unspecified atom stereocenters. The summed E-state index contributed by atoms with van der Waals surface area (Å²) in [5, 5.41) is 0. The van der Waals surface area contributed by atoms with Crippen molar-refractivity contribution in [3.05, 3.63) is 65.0 Å². The summed E-state index contributed by atoms with van der Waals surface area (Å²) in [4.78, 5) is 15.2. The maximum atomic E-state index is 15.1. The van der Waals surface area contributed by atoms with Gasteiger partial charge in [0.1, 0.15) is 10.6 Å². The van der Waals surface area contributed by atoms with Crippen LogP contribution in [0.2, 0.25) is 0 Å². The van der Waals surface area contributed by atoms with E-state index in [2.05, 4.69) is 0 Å². The lowest BCUT2D eigenvalue weighted by molar-refractivity contribution is -0.348. The van der Waals surface area contributed by atoms with Crippen molar-refractivity contribution in [3.8, 4) is 0 Å². The third-order valence-electron chi connectivity index (χ3n) is 10.8. The number of fused-ring (bicyclic) bond motifs is 3. The number of alkyl halides is 7. The first kappa shape index (κ1) is 37.5. The summed E-state index contributed by atoms with van der Waals surface area (Å²) in [5.41, 5.74) is -7.92. The van der Waals surface area contributed by atoms with Crippen LogP contribution in [0.4, 0.5) is 35.1 Å². The van der Waals surface area contributed by atoms with Gasteiger partial charge in [-0.25, -0.2) is 25.6 Å². The minimum absolute atomic E-state index is 0.00111. The average molecular weight is 744 g/mol. The number of nitrogens with zero attached hydrogens (tertiary/aromatic N) is 1. The lowest BCUT2D eigenvalue weighted by Gasteiger charge is -2.44. The second-order valence-corrected chi connectivity index (χ2v) is 18.5. The van der Waals surface area contributed by atoms with Gasteiger partial charge >= 0.3 is 18.0 Å². The minimum atomic E-state index is -6.39. The first-order valence-corrected chi connectivity index (χ1v) is 19.2. The first-order valence-electron chi connectivity index (χ1n) is 16.1. The predicted molar refractivity (Wildman–Crippen MR) is 164 cm³/mol. The van der Waals surface area contributed by atoms with E-state index in [0.29, 0.717) is 18.9 Å². The highest BCUT2D eigenvalue weighted by Crippen LogP contribution is 2.57. The Bertz CT molecular complexity index is 1800. The topological polar surface area (TPSA) is 88.6 Å². The van der Waals surface area contributed by atoms with Crippen molar-refractivity contribution < 1.29 is 56.8 Å². The summed E-state index contributed by atoms with van der Waals surface area (Å²) in [6.45, 7) is 3.40. The Labute approximate surface area is 280 Å². The molecule has 2 aliphatic heterocycles. The second-order valence-electron chi connectivity index (χ2n) is 13.6. The number of unbranched alkanes of at least 4 members (excludes halogenated alkanes) is 2. The number of halogens is 8. The summed E-state index contributed by atoms with van der Waals surface area (Å²) in [6.07, 6.45) is -11.0. The number of benzene rings is 2. The molecule has 1 aliphatic carbocycles. The molecule has 2 saturated heterocycles. The van der Waals surface area contributed by atoms with E-state index in [0.717, 1.165) is 43.2 Å². The standard InChI is InChI=1S/C33H37F8NO5S2/c1-3-4-5-15-29(2)20-22(14-18-48(29,44)45)28(43)42-17-16-30(49(46,47)25-10-8-24(34)9-11-25)26-12-7-23(19-21(26)6-13-27(30)42)31(35,32(36,37)38)33(39,40)41/h7-12,19,22,27H,3-6,13-18,20H2,1-2H3/t22?,27-,29?,30-/m1/s1. The largest absolute Gasteiger partial charge is 0.435 e. The van der Waals surface area contributed by atoms with E-state index < -0.39 is 76.4 Å². The van der Waals surface area contributed by atoms with Crippen LogP contribution < -0.4 is 0 Å². The number of hydrogen-bond acceptors (Lipinski definition) is 5. The van der Waals surface area contributed by atoms with Crippen LogP contribution in [0.15, 0.2) is 47.4 Å². The molecule has 16 heteroatoms. The maximum Gasteiger partial charge on any atom is 0.435 e. The van der Waals surface area contributed by atoms with E-state index in [1.807, 2.05) is 6.92 Å². The lowest BCUT2D eigenvalue weighted by Crippen LogP contribution is -2.55. The molecule has 4 atom stereocenters. The summed E-state index contributed by atoms with van der Waals surface area (Å²) in [5.74, 6) is -2.29. The molecule has 3 aliphatic rings. The molecule has 1 amide bonds. The molecule has 2 aromatic carbocycles. The zero-order valence-corrected chi connectivity index (χ0v) is 28.4. The van der Waals surface area contributed by atoms with Crippen molar-refractivity contribution in [2.45, 2.75) is 110 Å². The van der Waals surface area contributed by atoms with E-state index >= 15 is 4.39 Å². The average Bonchev–Trinajstić information content (AvgIpc) is 3.42. The molecule has 0 spiro atoms. The highest BCUT2D eigenvalue weighted by atomic mass is 32.2. The zero-order chi connectivity index (χ0) is 36.4. The Morgan fingerprint density at radius 3 is 2.18 bits per heavy atom. The Hall–Kier alpha value is -2.75. The Morgan fingerprint density at radius 1 is 0.959 bits per heavy atom. The minimum Gasteiger partial charge on any atom is -0.337 e. The van der Waals surface area contributed by atoms with Crippen LogP contribution in [-0.2, 0) is 41.3 Å². The molecule has 6 nitrogen and oxygen atoms in total. The van der Waals surface area contributed by atoms with E-state index in [-0.39, 0.29) is 66.5 Å². The highest BCUT2D eigenvalue weighted by molar-refractivity contribution is 7.93. The fourth-order valence-corrected chi connectivity index (χ4v) is 12.4. The Kier molecular flexibility index (Phi) is 9.55. The number of sulfone groups is 2. The molecule has 49 heavy (non-hydrogen) atoms. The van der Waals surface area contributed by atoms with Crippen molar-refractivity contribution >= 4 is 25.6 Å². The van der Waals surface area contributed by atoms with Crippen LogP contribution in [0.5, 0.6) is 0 Å². The lowest BCUT2D eigenvalue weighted by atomic mass is 9.76. The molecule has 5 rings (SSSR count). The van der Waals surface area contributed by atoms with Gasteiger partial charge in [-0.3, -0.25) is 4.79 Å².